The Morgan fingerprint density at radius 2 is 2.12 bits per heavy atom. The first kappa shape index (κ1) is 6.48. The monoisotopic (exact) mass is 349 g/mol. The largest absolute Gasteiger partial charge is 0.493 e. The van der Waals surface area contributed by atoms with Crippen molar-refractivity contribution in [3.8, 4) is 11.5 Å². The molecule has 2 aliphatic heterocycles. The number of piperidine rings is 1. The first-order valence-electron chi connectivity index (χ1n) is 15.7. The Kier molecular flexibility index (Phi) is 1.77. The molecule has 1 N–H and O–H groups in total. The Morgan fingerprint density at radius 1 is 1.38 bits per heavy atom. The Hall–Kier alpha value is -1.26. The van der Waals surface area contributed by atoms with Crippen molar-refractivity contribution < 1.29 is 36.5 Å². The number of nitrogens with zero attached hydrogens (tertiary/aromatic N) is 1. The molecular weight excluding hydrogens is 302 g/mol. The lowest BCUT2D eigenvalue weighted by molar-refractivity contribution is -0.0259. The minimum absolute atomic E-state index is 0.0174. The van der Waals surface area contributed by atoms with Crippen molar-refractivity contribution in [1.82, 2.24) is 4.90 Å². The number of methoxy groups -OCH3 is 2. The van der Waals surface area contributed by atoms with Gasteiger partial charge in [0.1, 0.15) is 0 Å². The molecule has 3 rings (SSSR count). The minimum atomic E-state index is -3.26. The van der Waals surface area contributed by atoms with Crippen molar-refractivity contribution in [3.05, 3.63) is 23.2 Å². The van der Waals surface area contributed by atoms with Gasteiger partial charge in [-0.2, -0.15) is 0 Å². The van der Waals surface area contributed by atoms with Crippen LogP contribution in [0.25, 0.3) is 0 Å². The first-order valence-corrected chi connectivity index (χ1v) is 7.70. The van der Waals surface area contributed by atoms with Crippen LogP contribution in [0, 0.1) is 11.3 Å². The fourth-order valence-electron chi connectivity index (χ4n) is 3.50. The lowest BCUT2D eigenvalue weighted by Gasteiger charge is -2.47. The smallest absolute Gasteiger partial charge is 0.161 e. The molecular formula is C20H31NO3. The zero-order chi connectivity index (χ0) is 31.0. The third-order valence-corrected chi connectivity index (χ3v) is 4.51. The molecule has 2 heterocycles. The predicted octanol–water partition coefficient (Wildman–Crippen LogP) is 3.42. The third-order valence-electron chi connectivity index (χ3n) is 4.51. The van der Waals surface area contributed by atoms with E-state index in [-0.39, 0.29) is 37.1 Å². The summed E-state index contributed by atoms with van der Waals surface area (Å²) in [7, 11) is -6.23. The van der Waals surface area contributed by atoms with Crippen LogP contribution in [-0.2, 0) is 6.42 Å². The van der Waals surface area contributed by atoms with Crippen LogP contribution >= 0.6 is 0 Å². The molecule has 1 fully saturated rings. The number of hydrogen-bond donors (Lipinski definition) is 1. The molecule has 4 nitrogen and oxygen atoms in total. The van der Waals surface area contributed by atoms with E-state index in [1.54, 1.807) is 4.90 Å². The Bertz CT molecular complexity index is 1110. The van der Waals surface area contributed by atoms with Gasteiger partial charge in [0, 0.05) is 30.1 Å². The highest BCUT2D eigenvalue weighted by Gasteiger charge is 2.39. The average molecular weight is 350 g/mol. The lowest BCUT2D eigenvalue weighted by Crippen LogP contribution is -2.48. The summed E-state index contributed by atoms with van der Waals surface area (Å²) in [5, 5.41) is 11.1. The maximum absolute atomic E-state index is 11.1. The van der Waals surface area contributed by atoms with Crippen molar-refractivity contribution in [1.29, 1.82) is 0 Å². The third kappa shape index (κ3) is 3.40. The van der Waals surface area contributed by atoms with E-state index in [1.807, 2.05) is 0 Å². The zero-order valence-corrected chi connectivity index (χ0v) is 13.3. The van der Waals surface area contributed by atoms with Crippen LogP contribution in [0.3, 0.4) is 0 Å². The second-order valence-electron chi connectivity index (χ2n) is 6.44. The van der Waals surface area contributed by atoms with Gasteiger partial charge in [0.2, 0.25) is 0 Å². The second kappa shape index (κ2) is 6.57. The number of rotatable bonds is 3. The van der Waals surface area contributed by atoms with Gasteiger partial charge in [0.15, 0.2) is 11.5 Å². The van der Waals surface area contributed by atoms with Crippen LogP contribution in [0.5, 0.6) is 11.5 Å². The van der Waals surface area contributed by atoms with E-state index >= 15 is 0 Å². The van der Waals surface area contributed by atoms with Gasteiger partial charge in [-0.3, -0.25) is 4.90 Å². The second-order valence-corrected chi connectivity index (χ2v) is 6.44. The quantitative estimate of drug-likeness (QED) is 0.908. The molecule has 0 bridgehead atoms. The normalized spacial score (nSPS) is 39.8. The average Bonchev–Trinajstić information content (AvgIpc) is 2.74. The Balaban J connectivity index is 2.12. The van der Waals surface area contributed by atoms with Gasteiger partial charge in [-0.1, -0.05) is 20.6 Å². The van der Waals surface area contributed by atoms with Crippen LogP contribution in [0.2, 0.25) is 0 Å². The van der Waals surface area contributed by atoms with Crippen molar-refractivity contribution in [3.63, 3.8) is 0 Å². The maximum Gasteiger partial charge on any atom is 0.161 e. The molecule has 3 unspecified atom stereocenters. The molecule has 0 saturated carbocycles. The summed E-state index contributed by atoms with van der Waals surface area (Å²) in [5.41, 5.74) is -2.64. The molecule has 2 aliphatic rings. The van der Waals surface area contributed by atoms with Crippen LogP contribution in [0.4, 0.5) is 0 Å². The fraction of sp³-hybridized carbons (Fsp3) is 0.700. The van der Waals surface area contributed by atoms with E-state index in [0.29, 0.717) is 0 Å². The highest BCUT2D eigenvalue weighted by atomic mass is 16.5. The molecule has 134 valence electrons. The molecule has 1 saturated heterocycles. The molecule has 1 aromatic rings. The van der Waals surface area contributed by atoms with Gasteiger partial charge in [-0.05, 0) is 53.8 Å². The number of ether oxygens (including phenoxy) is 2. The summed E-state index contributed by atoms with van der Waals surface area (Å²) < 4.78 is 136. The summed E-state index contributed by atoms with van der Waals surface area (Å²) in [6.45, 7) is -5.91. The Labute approximate surface area is 168 Å². The molecule has 1 aromatic carbocycles. The minimum Gasteiger partial charge on any atom is -0.493 e. The number of aliphatic hydroxyl groups excluding tert-OH is 1. The van der Waals surface area contributed by atoms with E-state index in [1.165, 1.54) is 0 Å². The summed E-state index contributed by atoms with van der Waals surface area (Å²) >= 11 is 0. The number of hydrogen-bond acceptors (Lipinski definition) is 4. The van der Waals surface area contributed by atoms with Crippen molar-refractivity contribution in [2.75, 3.05) is 27.2 Å². The van der Waals surface area contributed by atoms with Gasteiger partial charge >= 0.3 is 0 Å². The summed E-state index contributed by atoms with van der Waals surface area (Å²) in [6.07, 6.45) is -4.81. The van der Waals surface area contributed by atoms with Gasteiger partial charge in [0.05, 0.1) is 31.1 Å². The van der Waals surface area contributed by atoms with E-state index in [2.05, 4.69) is 0 Å². The Morgan fingerprint density at radius 3 is 2.83 bits per heavy atom. The predicted molar refractivity (Wildman–Crippen MR) is 95.7 cm³/mol. The van der Waals surface area contributed by atoms with Gasteiger partial charge in [-0.25, -0.2) is 0 Å². The van der Waals surface area contributed by atoms with Gasteiger partial charge in [0.25, 0.3) is 0 Å². The molecule has 4 heteroatoms. The molecule has 0 amide bonds. The molecule has 0 spiro atoms. The highest BCUT2D eigenvalue weighted by molar-refractivity contribution is 5.49. The van der Waals surface area contributed by atoms with Crippen molar-refractivity contribution >= 4 is 0 Å². The number of benzene rings is 1. The molecule has 24 heavy (non-hydrogen) atoms. The highest BCUT2D eigenvalue weighted by Crippen LogP contribution is 2.44. The SMILES string of the molecule is [2H]c1c2c(c([2H])c(OC([2H])([2H])[2H])c1OC([2H])([2H])[2H])C1CC(O)C(C([2H])([2H])C(C)(C([2H])([2H])[2H])C([2H])([2H])[2H])CN1CC2. The van der Waals surface area contributed by atoms with Gasteiger partial charge < -0.3 is 14.6 Å². The van der Waals surface area contributed by atoms with Crippen LogP contribution in [-0.4, -0.2) is 43.3 Å². The summed E-state index contributed by atoms with van der Waals surface area (Å²) in [4.78, 5) is 1.61. The van der Waals surface area contributed by atoms with Gasteiger partial charge in [-0.15, -0.1) is 0 Å². The molecule has 0 aromatic heterocycles. The van der Waals surface area contributed by atoms with E-state index in [4.69, 9.17) is 31.4 Å². The topological polar surface area (TPSA) is 41.9 Å². The van der Waals surface area contributed by atoms with E-state index < -0.39 is 81.2 Å². The summed E-state index contributed by atoms with van der Waals surface area (Å²) in [6, 6.07) is -1.99. The van der Waals surface area contributed by atoms with E-state index in [0.717, 1.165) is 6.92 Å². The lowest BCUT2D eigenvalue weighted by atomic mass is 9.75. The molecule has 0 aliphatic carbocycles. The van der Waals surface area contributed by atoms with Crippen LogP contribution in [0.1, 0.15) is 72.5 Å². The van der Waals surface area contributed by atoms with Crippen LogP contribution < -0.4 is 9.47 Å². The molecule has 0 radical (unpaired) electrons. The van der Waals surface area contributed by atoms with E-state index in [9.17, 15) is 5.11 Å². The first-order chi connectivity index (χ1) is 17.7. The van der Waals surface area contributed by atoms with Crippen molar-refractivity contribution in [2.24, 2.45) is 11.3 Å². The number of fused-ring (bicyclic) bond motifs is 3. The fourth-order valence-corrected chi connectivity index (χ4v) is 3.50. The maximum atomic E-state index is 11.1. The molecule has 3 atom stereocenters. The number of aliphatic hydroxyl groups is 1. The standard InChI is InChI=1S/C20H31NO3/c1-20(2,3)11-14-12-21-7-6-13-8-18(23-4)19(24-5)9-15(13)16(21)10-17(14)22/h8-9,14,16-17,22H,6-7,10-12H2,1-5H3/i1D3,2D3,4D3,5D3,8D,9D,11D2. The zero-order valence-electron chi connectivity index (χ0n) is 29.3. The van der Waals surface area contributed by atoms with Crippen LogP contribution in [0.15, 0.2) is 12.1 Å². The summed E-state index contributed by atoms with van der Waals surface area (Å²) in [5.74, 6) is -3.02. The van der Waals surface area contributed by atoms with Crippen molar-refractivity contribution in [2.45, 2.75) is 52.0 Å².